The molecule has 1 atom stereocenters. The number of para-hydroxylation sites is 1. The quantitative estimate of drug-likeness (QED) is 0.477. The first-order chi connectivity index (χ1) is 8.63. The van der Waals surface area contributed by atoms with Crippen molar-refractivity contribution in [2.45, 2.75) is 18.1 Å². The van der Waals surface area contributed by atoms with E-state index in [1.165, 1.54) is 6.07 Å². The van der Waals surface area contributed by atoms with Crippen LogP contribution in [-0.4, -0.2) is 17.1 Å². The Morgan fingerprint density at radius 2 is 2.05 bits per heavy atom. The summed E-state index contributed by atoms with van der Waals surface area (Å²) in [6.07, 6.45) is -5.09. The molecule has 19 heavy (non-hydrogen) atoms. The number of rotatable bonds is 4. The van der Waals surface area contributed by atoms with Gasteiger partial charge in [0.1, 0.15) is 10.6 Å². The highest BCUT2D eigenvalue weighted by atomic mass is 79.9. The van der Waals surface area contributed by atoms with E-state index in [0.29, 0.717) is 0 Å². The molecule has 0 spiro atoms. The summed E-state index contributed by atoms with van der Waals surface area (Å²) in [6, 6.07) is 3.19. The second-order valence-corrected chi connectivity index (χ2v) is 4.39. The van der Waals surface area contributed by atoms with Crippen molar-refractivity contribution < 1.29 is 27.6 Å². The molecule has 0 saturated heterocycles. The Bertz CT molecular complexity index is 518. The van der Waals surface area contributed by atoms with Gasteiger partial charge < -0.3 is 4.74 Å². The minimum atomic E-state index is -5.09. The van der Waals surface area contributed by atoms with Gasteiger partial charge in [0.25, 0.3) is 0 Å². The zero-order chi connectivity index (χ0) is 14.8. The third-order valence-corrected chi connectivity index (χ3v) is 3.21. The highest BCUT2D eigenvalue weighted by molar-refractivity contribution is 9.09. The maximum absolute atomic E-state index is 12.3. The zero-order valence-electron chi connectivity index (χ0n) is 9.40. The average molecular weight is 342 g/mol. The van der Waals surface area contributed by atoms with Crippen molar-refractivity contribution in [2.24, 2.45) is 0 Å². The van der Waals surface area contributed by atoms with Crippen molar-refractivity contribution in [3.8, 4) is 5.75 Å². The van der Waals surface area contributed by atoms with E-state index in [4.69, 9.17) is 0 Å². The Morgan fingerprint density at radius 3 is 2.47 bits per heavy atom. The third kappa shape index (κ3) is 3.91. The molecule has 1 aromatic rings. The summed E-state index contributed by atoms with van der Waals surface area (Å²) in [7, 11) is 0. The lowest BCUT2D eigenvalue weighted by Gasteiger charge is -2.15. The Hall–Kier alpha value is -1.64. The molecule has 1 rings (SSSR count). The highest BCUT2D eigenvalue weighted by Gasteiger charge is 2.37. The lowest BCUT2D eigenvalue weighted by Crippen LogP contribution is -2.20. The minimum Gasteiger partial charge on any atom is -0.398 e. The molecular formula is C10H7BrF3NO4. The summed E-state index contributed by atoms with van der Waals surface area (Å²) in [5.74, 6) is -1.50. The summed E-state index contributed by atoms with van der Waals surface area (Å²) < 4.78 is 40.5. The van der Waals surface area contributed by atoms with Crippen LogP contribution in [0.4, 0.5) is 18.9 Å². The Morgan fingerprint density at radius 1 is 1.47 bits per heavy atom. The van der Waals surface area contributed by atoms with Crippen LogP contribution in [0.25, 0.3) is 0 Å². The number of Topliss-reactive ketones (excluding diaryl/α,β-unsaturated/α-hetero) is 1. The number of alkyl halides is 4. The Kier molecular flexibility index (Phi) is 4.51. The largest absolute Gasteiger partial charge is 0.573 e. The van der Waals surface area contributed by atoms with Gasteiger partial charge in [0, 0.05) is 11.6 Å². The number of benzene rings is 1. The number of nitrogens with zero attached hydrogens (tertiary/aromatic N) is 1. The number of nitro benzene ring substituents is 1. The predicted molar refractivity (Wildman–Crippen MR) is 62.1 cm³/mol. The first-order valence-electron chi connectivity index (χ1n) is 4.81. The van der Waals surface area contributed by atoms with Gasteiger partial charge in [-0.1, -0.05) is 28.1 Å². The lowest BCUT2D eigenvalue weighted by molar-refractivity contribution is -0.388. The van der Waals surface area contributed by atoms with E-state index in [-0.39, 0.29) is 5.56 Å². The summed E-state index contributed by atoms with van der Waals surface area (Å²) in [5, 5.41) is 10.7. The molecule has 0 saturated carbocycles. The molecule has 1 unspecified atom stereocenters. The molecule has 104 valence electrons. The Labute approximate surface area is 113 Å². The Balaban J connectivity index is 3.42. The SMILES string of the molecule is CC(=O)C(Br)c1cccc([N+](=O)[O-])c1OC(F)(F)F. The van der Waals surface area contributed by atoms with Crippen LogP contribution in [0.2, 0.25) is 0 Å². The van der Waals surface area contributed by atoms with E-state index >= 15 is 0 Å². The fourth-order valence-corrected chi connectivity index (χ4v) is 1.69. The van der Waals surface area contributed by atoms with Crippen LogP contribution in [0.3, 0.4) is 0 Å². The van der Waals surface area contributed by atoms with Crippen molar-refractivity contribution >= 4 is 27.4 Å². The molecule has 0 fully saturated rings. The molecule has 5 nitrogen and oxygen atoms in total. The molecule has 1 aromatic carbocycles. The van der Waals surface area contributed by atoms with Gasteiger partial charge in [0.05, 0.1) is 4.92 Å². The van der Waals surface area contributed by atoms with Gasteiger partial charge >= 0.3 is 12.0 Å². The summed E-state index contributed by atoms with van der Waals surface area (Å²) in [6.45, 7) is 1.13. The van der Waals surface area contributed by atoms with Gasteiger partial charge in [-0.25, -0.2) is 0 Å². The molecule has 0 aliphatic carbocycles. The van der Waals surface area contributed by atoms with Crippen molar-refractivity contribution in [1.29, 1.82) is 0 Å². The first kappa shape index (κ1) is 15.4. The molecule has 0 bridgehead atoms. The number of hydrogen-bond acceptors (Lipinski definition) is 4. The normalized spacial score (nSPS) is 12.9. The molecule has 0 heterocycles. The van der Waals surface area contributed by atoms with E-state index in [1.54, 1.807) is 0 Å². The van der Waals surface area contributed by atoms with Crippen LogP contribution in [0, 0.1) is 10.1 Å². The van der Waals surface area contributed by atoms with Crippen molar-refractivity contribution in [3.05, 3.63) is 33.9 Å². The molecule has 0 aliphatic heterocycles. The van der Waals surface area contributed by atoms with E-state index in [2.05, 4.69) is 20.7 Å². The van der Waals surface area contributed by atoms with E-state index in [1.807, 2.05) is 0 Å². The molecular weight excluding hydrogens is 335 g/mol. The molecule has 0 N–H and O–H groups in total. The fraction of sp³-hybridized carbons (Fsp3) is 0.300. The van der Waals surface area contributed by atoms with E-state index in [0.717, 1.165) is 19.1 Å². The highest BCUT2D eigenvalue weighted by Crippen LogP contribution is 2.40. The van der Waals surface area contributed by atoms with Crippen molar-refractivity contribution in [1.82, 2.24) is 0 Å². The number of carbonyl (C=O) groups is 1. The smallest absolute Gasteiger partial charge is 0.398 e. The maximum Gasteiger partial charge on any atom is 0.573 e. The van der Waals surface area contributed by atoms with Crippen LogP contribution in [0.5, 0.6) is 5.75 Å². The van der Waals surface area contributed by atoms with E-state index < -0.39 is 33.3 Å². The molecule has 9 heteroatoms. The van der Waals surface area contributed by atoms with Crippen LogP contribution < -0.4 is 4.74 Å². The van der Waals surface area contributed by atoms with Gasteiger partial charge in [-0.05, 0) is 6.92 Å². The third-order valence-electron chi connectivity index (χ3n) is 2.07. The first-order valence-corrected chi connectivity index (χ1v) is 5.72. The number of carbonyl (C=O) groups excluding carboxylic acids is 1. The van der Waals surface area contributed by atoms with Gasteiger partial charge in [-0.3, -0.25) is 14.9 Å². The average Bonchev–Trinajstić information content (AvgIpc) is 2.25. The summed E-state index contributed by atoms with van der Waals surface area (Å²) in [5.41, 5.74) is -1.11. The van der Waals surface area contributed by atoms with Crippen molar-refractivity contribution in [3.63, 3.8) is 0 Å². The van der Waals surface area contributed by atoms with Crippen LogP contribution >= 0.6 is 15.9 Å². The molecule has 0 aromatic heterocycles. The second kappa shape index (κ2) is 5.55. The van der Waals surface area contributed by atoms with Gasteiger partial charge in [0.15, 0.2) is 0 Å². The summed E-state index contributed by atoms with van der Waals surface area (Å²) in [4.78, 5) is 19.8. The topological polar surface area (TPSA) is 69.4 Å². The monoisotopic (exact) mass is 341 g/mol. The van der Waals surface area contributed by atoms with Gasteiger partial charge in [-0.15, -0.1) is 13.2 Å². The number of nitro groups is 1. The zero-order valence-corrected chi connectivity index (χ0v) is 11.0. The van der Waals surface area contributed by atoms with Gasteiger partial charge in [0.2, 0.25) is 5.75 Å². The standard InChI is InChI=1S/C10H7BrF3NO4/c1-5(16)8(11)6-3-2-4-7(15(17)18)9(6)19-10(12,13)14/h2-4,8H,1H3. The number of hydrogen-bond donors (Lipinski definition) is 0. The van der Waals surface area contributed by atoms with Crippen LogP contribution in [0.1, 0.15) is 17.3 Å². The number of ketones is 1. The fourth-order valence-electron chi connectivity index (χ4n) is 1.33. The minimum absolute atomic E-state index is 0.251. The number of halogens is 4. The van der Waals surface area contributed by atoms with Crippen LogP contribution in [0.15, 0.2) is 18.2 Å². The second-order valence-electron chi connectivity index (χ2n) is 3.47. The van der Waals surface area contributed by atoms with Gasteiger partial charge in [-0.2, -0.15) is 0 Å². The van der Waals surface area contributed by atoms with Crippen LogP contribution in [-0.2, 0) is 4.79 Å². The van der Waals surface area contributed by atoms with Crippen molar-refractivity contribution in [2.75, 3.05) is 0 Å². The molecule has 0 aliphatic rings. The lowest BCUT2D eigenvalue weighted by atomic mass is 10.1. The molecule has 0 radical (unpaired) electrons. The summed E-state index contributed by atoms with van der Waals surface area (Å²) >= 11 is 2.87. The predicted octanol–water partition coefficient (Wildman–Crippen LogP) is 3.52. The number of ether oxygens (including phenoxy) is 1. The van der Waals surface area contributed by atoms with E-state index in [9.17, 15) is 28.1 Å². The molecule has 0 amide bonds. The maximum atomic E-state index is 12.3.